The molecule has 26 heavy (non-hydrogen) atoms. The Bertz CT molecular complexity index is 728. The normalized spacial score (nSPS) is 32.9. The molecule has 2 aliphatic carbocycles. The first-order chi connectivity index (χ1) is 12.5. The summed E-state index contributed by atoms with van der Waals surface area (Å²) in [4.78, 5) is 24.5. The minimum Gasteiger partial charge on any atom is -0.494 e. The number of hydrogen-bond acceptors (Lipinski definition) is 3. The van der Waals surface area contributed by atoms with Crippen LogP contribution in [0.1, 0.15) is 69.4 Å². The highest BCUT2D eigenvalue weighted by Crippen LogP contribution is 2.57. The lowest BCUT2D eigenvalue weighted by Gasteiger charge is -2.52. The molecule has 4 atom stereocenters. The van der Waals surface area contributed by atoms with Gasteiger partial charge in [0.25, 0.3) is 0 Å². The van der Waals surface area contributed by atoms with Crippen LogP contribution in [0.5, 0.6) is 5.75 Å². The van der Waals surface area contributed by atoms with Crippen molar-refractivity contribution in [1.82, 2.24) is 5.32 Å². The van der Waals surface area contributed by atoms with E-state index in [1.54, 1.807) is 0 Å². The summed E-state index contributed by atoms with van der Waals surface area (Å²) in [6, 6.07) is 6.55. The van der Waals surface area contributed by atoms with E-state index in [9.17, 15) is 9.59 Å². The van der Waals surface area contributed by atoms with E-state index >= 15 is 0 Å². The van der Waals surface area contributed by atoms with Gasteiger partial charge in [-0.25, -0.2) is 0 Å². The fourth-order valence-electron chi connectivity index (χ4n) is 5.48. The van der Waals surface area contributed by atoms with Gasteiger partial charge in [0.15, 0.2) is 0 Å². The number of ether oxygens (including phenoxy) is 1. The smallest absolute Gasteiger partial charge is 0.232 e. The monoisotopic (exact) mass is 355 g/mol. The molecule has 4 rings (SSSR count). The third kappa shape index (κ3) is 2.83. The lowest BCUT2D eigenvalue weighted by atomic mass is 9.52. The molecule has 1 heterocycles. The molecule has 0 radical (unpaired) electrons. The number of carbonyl (C=O) groups is 2. The van der Waals surface area contributed by atoms with Gasteiger partial charge in [-0.1, -0.05) is 26.3 Å². The van der Waals surface area contributed by atoms with Gasteiger partial charge in [0, 0.05) is 6.42 Å². The molecule has 1 aliphatic heterocycles. The number of aryl methyl sites for hydroxylation is 1. The Balaban J connectivity index is 1.58. The maximum Gasteiger partial charge on any atom is 0.232 e. The highest BCUT2D eigenvalue weighted by atomic mass is 16.5. The van der Waals surface area contributed by atoms with Crippen molar-refractivity contribution in [2.75, 3.05) is 6.61 Å². The number of amides is 2. The van der Waals surface area contributed by atoms with Crippen LogP contribution in [0.25, 0.3) is 0 Å². The van der Waals surface area contributed by atoms with E-state index in [1.807, 2.05) is 0 Å². The predicted molar refractivity (Wildman–Crippen MR) is 100.0 cm³/mol. The second-order valence-corrected chi connectivity index (χ2v) is 8.52. The number of fused-ring (bicyclic) bond motifs is 5. The predicted octanol–water partition coefficient (Wildman–Crippen LogP) is 3.97. The minimum atomic E-state index is -0.379. The Kier molecular flexibility index (Phi) is 4.54. The number of rotatable bonds is 4. The van der Waals surface area contributed by atoms with Crippen molar-refractivity contribution in [3.63, 3.8) is 0 Å². The number of imide groups is 1. The van der Waals surface area contributed by atoms with E-state index in [1.165, 1.54) is 11.1 Å². The highest BCUT2D eigenvalue weighted by molar-refractivity contribution is 6.01. The molecule has 1 saturated heterocycles. The van der Waals surface area contributed by atoms with E-state index in [-0.39, 0.29) is 23.1 Å². The van der Waals surface area contributed by atoms with E-state index in [0.717, 1.165) is 50.9 Å². The van der Waals surface area contributed by atoms with Crippen LogP contribution in [0.15, 0.2) is 18.2 Å². The zero-order valence-electron chi connectivity index (χ0n) is 15.8. The first-order valence-electron chi connectivity index (χ1n) is 10.1. The fourth-order valence-corrected chi connectivity index (χ4v) is 5.48. The second kappa shape index (κ2) is 6.71. The minimum absolute atomic E-state index is 0.0531. The Hall–Kier alpha value is -1.84. The van der Waals surface area contributed by atoms with Crippen LogP contribution in [0.2, 0.25) is 0 Å². The van der Waals surface area contributed by atoms with Gasteiger partial charge in [-0.05, 0) is 73.1 Å². The van der Waals surface area contributed by atoms with Crippen LogP contribution >= 0.6 is 0 Å². The SMILES string of the molecule is CCCCOc1ccc2c(c1)CCC1C2CC[C@]2(C)C(=O)NC(=O)CC12. The van der Waals surface area contributed by atoms with Gasteiger partial charge in [0.05, 0.1) is 12.0 Å². The first kappa shape index (κ1) is 17.6. The molecule has 2 amide bonds. The zero-order chi connectivity index (χ0) is 18.3. The Morgan fingerprint density at radius 3 is 2.92 bits per heavy atom. The largest absolute Gasteiger partial charge is 0.494 e. The molecule has 140 valence electrons. The van der Waals surface area contributed by atoms with Crippen molar-refractivity contribution >= 4 is 11.8 Å². The molecule has 1 aromatic rings. The molecule has 0 aromatic heterocycles. The molecule has 4 nitrogen and oxygen atoms in total. The van der Waals surface area contributed by atoms with Gasteiger partial charge in [0.2, 0.25) is 11.8 Å². The topological polar surface area (TPSA) is 55.4 Å². The van der Waals surface area contributed by atoms with Gasteiger partial charge in [-0.15, -0.1) is 0 Å². The molecule has 0 spiro atoms. The number of benzene rings is 1. The standard InChI is InChI=1S/C22H29NO3/c1-3-4-11-26-15-6-8-16-14(12-15)5-7-18-17(16)9-10-22(2)19(18)13-20(24)23-21(22)25/h6,8,12,17-19H,3-5,7,9-11,13H2,1-2H3,(H,23,24,25)/t17?,18?,19?,22-/m0/s1. The molecule has 2 fully saturated rings. The number of piperidine rings is 1. The number of unbranched alkanes of at least 4 members (excludes halogenated alkanes) is 1. The van der Waals surface area contributed by atoms with Gasteiger partial charge < -0.3 is 4.74 Å². The van der Waals surface area contributed by atoms with Crippen LogP contribution in [0, 0.1) is 17.3 Å². The van der Waals surface area contributed by atoms with Crippen molar-refractivity contribution < 1.29 is 14.3 Å². The molecular weight excluding hydrogens is 326 g/mol. The average Bonchev–Trinajstić information content (AvgIpc) is 2.63. The number of nitrogens with one attached hydrogen (secondary N) is 1. The molecule has 3 unspecified atom stereocenters. The molecule has 1 N–H and O–H groups in total. The zero-order valence-corrected chi connectivity index (χ0v) is 15.8. The summed E-state index contributed by atoms with van der Waals surface area (Å²) in [7, 11) is 0. The van der Waals surface area contributed by atoms with Crippen molar-refractivity contribution in [1.29, 1.82) is 0 Å². The lowest BCUT2D eigenvalue weighted by Crippen LogP contribution is -2.57. The summed E-state index contributed by atoms with van der Waals surface area (Å²) in [5.74, 6) is 1.91. The summed E-state index contributed by atoms with van der Waals surface area (Å²) in [6.07, 6.45) is 6.70. The molecular formula is C22H29NO3. The van der Waals surface area contributed by atoms with Gasteiger partial charge >= 0.3 is 0 Å². The van der Waals surface area contributed by atoms with Gasteiger partial charge in [-0.3, -0.25) is 14.9 Å². The van der Waals surface area contributed by atoms with Crippen LogP contribution in [-0.4, -0.2) is 18.4 Å². The lowest BCUT2D eigenvalue weighted by molar-refractivity contribution is -0.151. The molecule has 0 bridgehead atoms. The average molecular weight is 355 g/mol. The van der Waals surface area contributed by atoms with Gasteiger partial charge in [-0.2, -0.15) is 0 Å². The van der Waals surface area contributed by atoms with Crippen LogP contribution < -0.4 is 10.1 Å². The molecule has 1 aromatic carbocycles. The molecule has 3 aliphatic rings. The Labute approximate surface area is 155 Å². The third-order valence-corrected chi connectivity index (χ3v) is 7.03. The van der Waals surface area contributed by atoms with Crippen molar-refractivity contribution in [3.05, 3.63) is 29.3 Å². The van der Waals surface area contributed by atoms with Crippen LogP contribution in [-0.2, 0) is 16.0 Å². The van der Waals surface area contributed by atoms with Crippen molar-refractivity contribution in [2.24, 2.45) is 17.3 Å². The summed E-state index contributed by atoms with van der Waals surface area (Å²) in [5, 5.41) is 2.57. The van der Waals surface area contributed by atoms with E-state index in [4.69, 9.17) is 4.74 Å². The van der Waals surface area contributed by atoms with E-state index < -0.39 is 0 Å². The summed E-state index contributed by atoms with van der Waals surface area (Å²) < 4.78 is 5.88. The number of carbonyl (C=O) groups excluding carboxylic acids is 2. The summed E-state index contributed by atoms with van der Waals surface area (Å²) >= 11 is 0. The fraction of sp³-hybridized carbons (Fsp3) is 0.636. The summed E-state index contributed by atoms with van der Waals surface area (Å²) in [5.41, 5.74) is 2.44. The Morgan fingerprint density at radius 1 is 1.27 bits per heavy atom. The number of hydrogen-bond donors (Lipinski definition) is 1. The second-order valence-electron chi connectivity index (χ2n) is 8.52. The van der Waals surface area contributed by atoms with E-state index in [2.05, 4.69) is 37.4 Å². The molecule has 4 heteroatoms. The quantitative estimate of drug-likeness (QED) is 0.657. The summed E-state index contributed by atoms with van der Waals surface area (Å²) in [6.45, 7) is 5.01. The maximum atomic E-state index is 12.5. The third-order valence-electron chi connectivity index (χ3n) is 7.03. The van der Waals surface area contributed by atoms with Crippen molar-refractivity contribution in [3.8, 4) is 5.75 Å². The van der Waals surface area contributed by atoms with Gasteiger partial charge in [0.1, 0.15) is 5.75 Å². The first-order valence-corrected chi connectivity index (χ1v) is 10.1. The van der Waals surface area contributed by atoms with Crippen LogP contribution in [0.3, 0.4) is 0 Å². The van der Waals surface area contributed by atoms with Crippen molar-refractivity contribution in [2.45, 2.75) is 64.7 Å². The van der Waals surface area contributed by atoms with Crippen LogP contribution in [0.4, 0.5) is 0 Å². The van der Waals surface area contributed by atoms with E-state index in [0.29, 0.717) is 18.3 Å². The Morgan fingerprint density at radius 2 is 2.12 bits per heavy atom. The maximum absolute atomic E-state index is 12.5. The molecule has 1 saturated carbocycles. The highest BCUT2D eigenvalue weighted by Gasteiger charge is 2.54.